The van der Waals surface area contributed by atoms with E-state index in [9.17, 15) is 8.42 Å². The second kappa shape index (κ2) is 8.01. The fourth-order valence-electron chi connectivity index (χ4n) is 3.04. The van der Waals surface area contributed by atoms with Gasteiger partial charge in [0.05, 0.1) is 12.8 Å². The van der Waals surface area contributed by atoms with Crippen LogP contribution in [0, 0.1) is 0 Å². The summed E-state index contributed by atoms with van der Waals surface area (Å²) in [4.78, 5) is 8.93. The maximum atomic E-state index is 12.1. The van der Waals surface area contributed by atoms with Gasteiger partial charge in [-0.05, 0) is 31.5 Å². The second-order valence-corrected chi connectivity index (χ2v) is 8.27. The highest BCUT2D eigenvalue weighted by Crippen LogP contribution is 2.29. The molecular weight excluding hydrogens is 354 g/mol. The number of para-hydroxylation sites is 2. The third-order valence-corrected chi connectivity index (χ3v) is 5.46. The highest BCUT2D eigenvalue weighted by Gasteiger charge is 2.25. The van der Waals surface area contributed by atoms with Crippen LogP contribution in [0.15, 0.2) is 35.4 Å². The first-order valence-corrected chi connectivity index (χ1v) is 10.4. The molecule has 26 heavy (non-hydrogen) atoms. The molecular formula is C18H23N3O4S. The van der Waals surface area contributed by atoms with Crippen molar-refractivity contribution in [2.75, 3.05) is 26.5 Å². The number of sulfone groups is 1. The summed E-state index contributed by atoms with van der Waals surface area (Å²) < 4.78 is 35.3. The van der Waals surface area contributed by atoms with Gasteiger partial charge in [0.2, 0.25) is 0 Å². The first-order chi connectivity index (χ1) is 12.5. The zero-order chi connectivity index (χ0) is 18.6. The van der Waals surface area contributed by atoms with Crippen molar-refractivity contribution in [1.29, 1.82) is 0 Å². The van der Waals surface area contributed by atoms with Crippen molar-refractivity contribution in [3.05, 3.63) is 42.0 Å². The number of nitrogens with zero attached hydrogens (tertiary/aromatic N) is 2. The monoisotopic (exact) mass is 377 g/mol. The van der Waals surface area contributed by atoms with Crippen LogP contribution in [0.5, 0.6) is 11.5 Å². The molecule has 1 aromatic carbocycles. The van der Waals surface area contributed by atoms with Gasteiger partial charge in [0.15, 0.2) is 27.2 Å². The van der Waals surface area contributed by atoms with Crippen LogP contribution in [-0.4, -0.2) is 44.8 Å². The van der Waals surface area contributed by atoms with Crippen molar-refractivity contribution in [3.8, 4) is 11.5 Å². The molecule has 1 saturated heterocycles. The average molecular weight is 377 g/mol. The molecule has 8 heteroatoms. The SMILES string of the molecule is COc1ccccc1OCc1ncc(S(C)(=O)=O)c(C2CCCNC2)n1. The minimum absolute atomic E-state index is 0.0569. The lowest BCUT2D eigenvalue weighted by Gasteiger charge is -2.24. The van der Waals surface area contributed by atoms with E-state index in [1.807, 2.05) is 18.2 Å². The Kier molecular flexibility index (Phi) is 5.73. The van der Waals surface area contributed by atoms with E-state index in [0.29, 0.717) is 29.6 Å². The zero-order valence-corrected chi connectivity index (χ0v) is 15.8. The number of rotatable bonds is 6. The molecule has 1 N–H and O–H groups in total. The molecule has 1 fully saturated rings. The van der Waals surface area contributed by atoms with E-state index in [-0.39, 0.29) is 17.4 Å². The molecule has 0 aliphatic carbocycles. The van der Waals surface area contributed by atoms with Gasteiger partial charge in [0, 0.05) is 24.9 Å². The lowest BCUT2D eigenvalue weighted by atomic mass is 9.96. The molecule has 1 atom stereocenters. The first kappa shape index (κ1) is 18.6. The first-order valence-electron chi connectivity index (χ1n) is 8.51. The van der Waals surface area contributed by atoms with Crippen LogP contribution in [0.25, 0.3) is 0 Å². The molecule has 2 aromatic rings. The van der Waals surface area contributed by atoms with E-state index in [1.54, 1.807) is 13.2 Å². The summed E-state index contributed by atoms with van der Waals surface area (Å²) in [5.74, 6) is 1.72. The van der Waals surface area contributed by atoms with E-state index in [0.717, 1.165) is 19.4 Å². The third kappa shape index (κ3) is 4.31. The van der Waals surface area contributed by atoms with E-state index >= 15 is 0 Å². The van der Waals surface area contributed by atoms with E-state index < -0.39 is 9.84 Å². The summed E-state index contributed by atoms with van der Waals surface area (Å²) in [5, 5.41) is 3.30. The van der Waals surface area contributed by atoms with Crippen molar-refractivity contribution in [1.82, 2.24) is 15.3 Å². The number of hydrogen-bond acceptors (Lipinski definition) is 7. The van der Waals surface area contributed by atoms with Crippen molar-refractivity contribution in [3.63, 3.8) is 0 Å². The summed E-state index contributed by atoms with van der Waals surface area (Å²) >= 11 is 0. The van der Waals surface area contributed by atoms with Crippen molar-refractivity contribution in [2.24, 2.45) is 0 Å². The maximum absolute atomic E-state index is 12.1. The van der Waals surface area contributed by atoms with Crippen molar-refractivity contribution >= 4 is 9.84 Å². The highest BCUT2D eigenvalue weighted by molar-refractivity contribution is 7.90. The van der Waals surface area contributed by atoms with Gasteiger partial charge in [-0.1, -0.05) is 12.1 Å². The number of methoxy groups -OCH3 is 1. The Morgan fingerprint density at radius 1 is 1.27 bits per heavy atom. The average Bonchev–Trinajstić information content (AvgIpc) is 2.66. The molecule has 1 aromatic heterocycles. The molecule has 1 aliphatic rings. The molecule has 1 unspecified atom stereocenters. The fraction of sp³-hybridized carbons (Fsp3) is 0.444. The standard InChI is InChI=1S/C18H23N3O4S/c1-24-14-7-3-4-8-15(14)25-12-17-20-11-16(26(2,22)23)18(21-17)13-6-5-9-19-10-13/h3-4,7-8,11,13,19H,5-6,9-10,12H2,1-2H3. The number of aromatic nitrogens is 2. The van der Waals surface area contributed by atoms with Crippen LogP contribution in [0.1, 0.15) is 30.3 Å². The number of hydrogen-bond donors (Lipinski definition) is 1. The van der Waals surface area contributed by atoms with E-state index in [4.69, 9.17) is 9.47 Å². The molecule has 0 amide bonds. The molecule has 0 saturated carbocycles. The van der Waals surface area contributed by atoms with Gasteiger partial charge in [-0.25, -0.2) is 18.4 Å². The van der Waals surface area contributed by atoms with Gasteiger partial charge >= 0.3 is 0 Å². The van der Waals surface area contributed by atoms with Crippen LogP contribution >= 0.6 is 0 Å². The molecule has 7 nitrogen and oxygen atoms in total. The number of piperidine rings is 1. The largest absolute Gasteiger partial charge is 0.493 e. The van der Waals surface area contributed by atoms with Crippen LogP contribution in [0.4, 0.5) is 0 Å². The van der Waals surface area contributed by atoms with Gasteiger partial charge in [-0.2, -0.15) is 0 Å². The predicted octanol–water partition coefficient (Wildman–Crippen LogP) is 1.93. The normalized spacial score (nSPS) is 17.7. The number of nitrogens with one attached hydrogen (secondary N) is 1. The van der Waals surface area contributed by atoms with Gasteiger partial charge in [0.1, 0.15) is 11.5 Å². The summed E-state index contributed by atoms with van der Waals surface area (Å²) in [7, 11) is -1.81. The Morgan fingerprint density at radius 3 is 2.69 bits per heavy atom. The second-order valence-electron chi connectivity index (χ2n) is 6.29. The van der Waals surface area contributed by atoms with Crippen molar-refractivity contribution in [2.45, 2.75) is 30.3 Å². The zero-order valence-electron chi connectivity index (χ0n) is 14.9. The van der Waals surface area contributed by atoms with E-state index in [1.165, 1.54) is 12.5 Å². The summed E-state index contributed by atoms with van der Waals surface area (Å²) in [5.41, 5.74) is 0.577. The van der Waals surface area contributed by atoms with Crippen LogP contribution in [0.3, 0.4) is 0 Å². The lowest BCUT2D eigenvalue weighted by Crippen LogP contribution is -2.30. The highest BCUT2D eigenvalue weighted by atomic mass is 32.2. The Morgan fingerprint density at radius 2 is 2.04 bits per heavy atom. The Labute approximate surface area is 153 Å². The quantitative estimate of drug-likeness (QED) is 0.822. The predicted molar refractivity (Wildman–Crippen MR) is 97.3 cm³/mol. The van der Waals surface area contributed by atoms with E-state index in [2.05, 4.69) is 15.3 Å². The molecule has 0 radical (unpaired) electrons. The Hall–Kier alpha value is -2.19. The Bertz CT molecular complexity index is 864. The number of ether oxygens (including phenoxy) is 2. The van der Waals surface area contributed by atoms with Gasteiger partial charge in [-0.3, -0.25) is 0 Å². The summed E-state index contributed by atoms with van der Waals surface area (Å²) in [6.07, 6.45) is 4.48. The maximum Gasteiger partial charge on any atom is 0.178 e. The number of benzene rings is 1. The topological polar surface area (TPSA) is 90.4 Å². The molecule has 0 bridgehead atoms. The van der Waals surface area contributed by atoms with Crippen molar-refractivity contribution < 1.29 is 17.9 Å². The summed E-state index contributed by atoms with van der Waals surface area (Å²) in [6, 6.07) is 7.32. The van der Waals surface area contributed by atoms with Crippen LogP contribution < -0.4 is 14.8 Å². The third-order valence-electron chi connectivity index (χ3n) is 4.34. The van der Waals surface area contributed by atoms with Gasteiger partial charge < -0.3 is 14.8 Å². The van der Waals surface area contributed by atoms with Gasteiger partial charge in [-0.15, -0.1) is 0 Å². The lowest BCUT2D eigenvalue weighted by molar-refractivity contribution is 0.275. The van der Waals surface area contributed by atoms with Crippen LogP contribution in [0.2, 0.25) is 0 Å². The minimum atomic E-state index is -3.39. The van der Waals surface area contributed by atoms with Gasteiger partial charge in [0.25, 0.3) is 0 Å². The molecule has 1 aliphatic heterocycles. The fourth-order valence-corrected chi connectivity index (χ4v) is 3.87. The molecule has 140 valence electrons. The van der Waals surface area contributed by atoms with Crippen LogP contribution in [-0.2, 0) is 16.4 Å². The summed E-state index contributed by atoms with van der Waals surface area (Å²) in [6.45, 7) is 1.80. The Balaban J connectivity index is 1.86. The molecule has 0 spiro atoms. The smallest absolute Gasteiger partial charge is 0.178 e. The molecule has 3 rings (SSSR count). The minimum Gasteiger partial charge on any atom is -0.493 e. The molecule has 2 heterocycles.